The molecule has 1 aliphatic carbocycles. The SMILES string of the molecule is CCCCNC(=O)C(c1ccc(C)cc1C)N(C(=O)CNC(=O)OC(C)(C)C)C1CC1C. The van der Waals surface area contributed by atoms with E-state index in [4.69, 9.17) is 4.74 Å². The van der Waals surface area contributed by atoms with E-state index in [2.05, 4.69) is 24.5 Å². The molecule has 0 aromatic heterocycles. The van der Waals surface area contributed by atoms with Crippen LogP contribution in [0.5, 0.6) is 0 Å². The molecule has 1 saturated carbocycles. The minimum absolute atomic E-state index is 0.0365. The fraction of sp³-hybridized carbons (Fsp3) is 0.640. The molecule has 32 heavy (non-hydrogen) atoms. The molecule has 0 saturated heterocycles. The van der Waals surface area contributed by atoms with Crippen LogP contribution < -0.4 is 10.6 Å². The molecular formula is C25H39N3O4. The largest absolute Gasteiger partial charge is 0.444 e. The molecule has 1 aromatic carbocycles. The predicted molar refractivity (Wildman–Crippen MR) is 125 cm³/mol. The molecule has 0 aliphatic heterocycles. The monoisotopic (exact) mass is 445 g/mol. The number of rotatable bonds is 9. The summed E-state index contributed by atoms with van der Waals surface area (Å²) in [4.78, 5) is 40.5. The standard InChI is InChI=1S/C25H39N3O4/c1-8-9-12-26-23(30)22(19-11-10-16(2)13-17(19)3)28(20-14-18(20)4)21(29)15-27-24(31)32-25(5,6)7/h10-11,13,18,20,22H,8-9,12,14-15H2,1-7H3,(H,26,30)(H,27,31). The molecule has 3 unspecified atom stereocenters. The number of carbonyl (C=O) groups excluding carboxylic acids is 3. The van der Waals surface area contributed by atoms with E-state index in [1.54, 1.807) is 25.7 Å². The maximum absolute atomic E-state index is 13.3. The summed E-state index contributed by atoms with van der Waals surface area (Å²) in [5.74, 6) is -0.173. The Morgan fingerprint density at radius 1 is 1.19 bits per heavy atom. The van der Waals surface area contributed by atoms with Gasteiger partial charge in [-0.3, -0.25) is 9.59 Å². The number of carbonyl (C=O) groups is 3. The second-order valence-electron chi connectivity index (χ2n) is 9.84. The highest BCUT2D eigenvalue weighted by Gasteiger charge is 2.46. The third-order valence-electron chi connectivity index (χ3n) is 5.57. The van der Waals surface area contributed by atoms with E-state index in [-0.39, 0.29) is 24.4 Å². The normalized spacial score (nSPS) is 18.5. The third-order valence-corrected chi connectivity index (χ3v) is 5.57. The van der Waals surface area contributed by atoms with E-state index in [0.717, 1.165) is 36.0 Å². The van der Waals surface area contributed by atoms with Crippen LogP contribution in [0.15, 0.2) is 18.2 Å². The van der Waals surface area contributed by atoms with Crippen molar-refractivity contribution < 1.29 is 19.1 Å². The molecule has 7 heteroatoms. The number of unbranched alkanes of at least 4 members (excludes halogenated alkanes) is 1. The van der Waals surface area contributed by atoms with Crippen molar-refractivity contribution in [3.8, 4) is 0 Å². The van der Waals surface area contributed by atoms with Crippen LogP contribution in [0.4, 0.5) is 4.79 Å². The Bertz CT molecular complexity index is 831. The van der Waals surface area contributed by atoms with Gasteiger partial charge in [-0.1, -0.05) is 44.0 Å². The zero-order chi connectivity index (χ0) is 24.1. The Morgan fingerprint density at radius 2 is 1.84 bits per heavy atom. The number of hydrogen-bond acceptors (Lipinski definition) is 4. The van der Waals surface area contributed by atoms with Crippen LogP contribution >= 0.6 is 0 Å². The van der Waals surface area contributed by atoms with E-state index in [9.17, 15) is 14.4 Å². The summed E-state index contributed by atoms with van der Waals surface area (Å²) in [5.41, 5.74) is 2.22. The highest BCUT2D eigenvalue weighted by molar-refractivity contribution is 5.91. The highest BCUT2D eigenvalue weighted by atomic mass is 16.6. The van der Waals surface area contributed by atoms with E-state index >= 15 is 0 Å². The van der Waals surface area contributed by atoms with Gasteiger partial charge < -0.3 is 20.3 Å². The second kappa shape index (κ2) is 10.8. The number of ether oxygens (including phenoxy) is 1. The first-order valence-electron chi connectivity index (χ1n) is 11.6. The Kier molecular flexibility index (Phi) is 8.70. The van der Waals surface area contributed by atoms with Gasteiger partial charge in [0.2, 0.25) is 11.8 Å². The lowest BCUT2D eigenvalue weighted by atomic mass is 9.96. The third kappa shape index (κ3) is 7.24. The van der Waals surface area contributed by atoms with Gasteiger partial charge in [-0.25, -0.2) is 4.79 Å². The van der Waals surface area contributed by atoms with Crippen molar-refractivity contribution in [3.05, 3.63) is 34.9 Å². The number of benzene rings is 1. The summed E-state index contributed by atoms with van der Waals surface area (Å²) in [6.07, 6.45) is 2.03. The topological polar surface area (TPSA) is 87.7 Å². The molecule has 0 heterocycles. The summed E-state index contributed by atoms with van der Waals surface area (Å²) >= 11 is 0. The predicted octanol–water partition coefficient (Wildman–Crippen LogP) is 4.02. The van der Waals surface area contributed by atoms with Gasteiger partial charge in [0.15, 0.2) is 0 Å². The molecule has 178 valence electrons. The fourth-order valence-corrected chi connectivity index (χ4v) is 3.80. The fourth-order valence-electron chi connectivity index (χ4n) is 3.80. The van der Waals surface area contributed by atoms with Crippen molar-refractivity contribution in [3.63, 3.8) is 0 Å². The van der Waals surface area contributed by atoms with Crippen molar-refractivity contribution in [2.24, 2.45) is 5.92 Å². The summed E-state index contributed by atoms with van der Waals surface area (Å²) in [6.45, 7) is 13.8. The van der Waals surface area contributed by atoms with Crippen LogP contribution in [0.1, 0.15) is 76.6 Å². The molecule has 1 fully saturated rings. The maximum Gasteiger partial charge on any atom is 0.408 e. The molecule has 7 nitrogen and oxygen atoms in total. The number of aryl methyl sites for hydroxylation is 2. The lowest BCUT2D eigenvalue weighted by molar-refractivity contribution is -0.141. The quantitative estimate of drug-likeness (QED) is 0.562. The molecule has 0 bridgehead atoms. The average Bonchev–Trinajstić information content (AvgIpc) is 3.39. The first-order valence-corrected chi connectivity index (χ1v) is 11.6. The Hall–Kier alpha value is -2.57. The summed E-state index contributed by atoms with van der Waals surface area (Å²) in [5, 5.41) is 5.56. The first-order chi connectivity index (χ1) is 14.9. The van der Waals surface area contributed by atoms with Gasteiger partial charge in [0, 0.05) is 12.6 Å². The summed E-state index contributed by atoms with van der Waals surface area (Å²) in [7, 11) is 0. The highest BCUT2D eigenvalue weighted by Crippen LogP contribution is 2.40. The molecule has 3 atom stereocenters. The zero-order valence-corrected chi connectivity index (χ0v) is 20.6. The molecular weight excluding hydrogens is 406 g/mol. The van der Waals surface area contributed by atoms with Crippen molar-refractivity contribution in [1.82, 2.24) is 15.5 Å². The van der Waals surface area contributed by atoms with Gasteiger partial charge in [-0.2, -0.15) is 0 Å². The summed E-state index contributed by atoms with van der Waals surface area (Å²) < 4.78 is 5.26. The molecule has 0 spiro atoms. The molecule has 3 amide bonds. The van der Waals surface area contributed by atoms with Crippen molar-refractivity contribution in [2.75, 3.05) is 13.1 Å². The molecule has 1 aromatic rings. The summed E-state index contributed by atoms with van der Waals surface area (Å²) in [6, 6.07) is 5.15. The molecule has 0 radical (unpaired) electrons. The van der Waals surface area contributed by atoms with E-state index in [1.807, 2.05) is 32.0 Å². The lowest BCUT2D eigenvalue weighted by Crippen LogP contribution is -2.49. The van der Waals surface area contributed by atoms with Crippen molar-refractivity contribution in [2.45, 2.75) is 85.4 Å². The Morgan fingerprint density at radius 3 is 2.38 bits per heavy atom. The molecule has 2 N–H and O–H groups in total. The van der Waals surface area contributed by atoms with Gasteiger partial charge in [0.25, 0.3) is 0 Å². The number of nitrogens with one attached hydrogen (secondary N) is 2. The smallest absolute Gasteiger partial charge is 0.408 e. The van der Waals surface area contributed by atoms with Gasteiger partial charge in [0.1, 0.15) is 18.2 Å². The van der Waals surface area contributed by atoms with Crippen LogP contribution in [0.2, 0.25) is 0 Å². The number of amides is 3. The second-order valence-corrected chi connectivity index (χ2v) is 9.84. The van der Waals surface area contributed by atoms with Crippen LogP contribution in [-0.4, -0.2) is 47.5 Å². The maximum atomic E-state index is 13.3. The van der Waals surface area contributed by atoms with E-state index in [0.29, 0.717) is 12.5 Å². The van der Waals surface area contributed by atoms with Gasteiger partial charge in [-0.15, -0.1) is 0 Å². The Balaban J connectivity index is 2.31. The number of nitrogens with zero attached hydrogens (tertiary/aromatic N) is 1. The average molecular weight is 446 g/mol. The first kappa shape index (κ1) is 25.7. The van der Waals surface area contributed by atoms with E-state index < -0.39 is 17.7 Å². The minimum atomic E-state index is -0.740. The number of hydrogen-bond donors (Lipinski definition) is 2. The van der Waals surface area contributed by atoms with Crippen LogP contribution in [0.25, 0.3) is 0 Å². The Labute approximate surface area is 192 Å². The number of alkyl carbamates (subject to hydrolysis) is 1. The van der Waals surface area contributed by atoms with Crippen molar-refractivity contribution >= 4 is 17.9 Å². The van der Waals surface area contributed by atoms with Gasteiger partial charge >= 0.3 is 6.09 Å². The van der Waals surface area contributed by atoms with Gasteiger partial charge in [0.05, 0.1) is 0 Å². The van der Waals surface area contributed by atoms with Gasteiger partial charge in [-0.05, 0) is 64.5 Å². The van der Waals surface area contributed by atoms with Crippen LogP contribution in [0.3, 0.4) is 0 Å². The van der Waals surface area contributed by atoms with Crippen LogP contribution in [-0.2, 0) is 14.3 Å². The van der Waals surface area contributed by atoms with Crippen molar-refractivity contribution in [1.29, 1.82) is 0 Å². The molecule has 2 rings (SSSR count). The zero-order valence-electron chi connectivity index (χ0n) is 20.6. The lowest BCUT2D eigenvalue weighted by Gasteiger charge is -2.33. The van der Waals surface area contributed by atoms with E-state index in [1.165, 1.54) is 0 Å². The van der Waals surface area contributed by atoms with Crippen LogP contribution in [0, 0.1) is 19.8 Å². The minimum Gasteiger partial charge on any atom is -0.444 e. The molecule has 1 aliphatic rings.